The molecule has 0 aliphatic heterocycles. The Morgan fingerprint density at radius 1 is 1.38 bits per heavy atom. The molecule has 0 radical (unpaired) electrons. The Morgan fingerprint density at radius 3 is 2.50 bits per heavy atom. The largest absolute Gasteiger partial charge is 0.407 e. The van der Waals surface area contributed by atoms with Crippen molar-refractivity contribution in [1.29, 1.82) is 0 Å². The molecule has 0 saturated heterocycles. The van der Waals surface area contributed by atoms with E-state index in [1.54, 1.807) is 0 Å². The Hall–Kier alpha value is -0.770. The Morgan fingerprint density at radius 2 is 2.06 bits per heavy atom. The molecule has 1 atom stereocenters. The van der Waals surface area contributed by atoms with Gasteiger partial charge >= 0.3 is 6.01 Å². The third-order valence-corrected chi connectivity index (χ3v) is 3.68. The predicted molar refractivity (Wildman–Crippen MR) is 63.6 cm³/mol. The molecule has 90 valence electrons. The summed E-state index contributed by atoms with van der Waals surface area (Å²) in [4.78, 5) is 0. The molecule has 16 heavy (non-hydrogen) atoms. The van der Waals surface area contributed by atoms with Gasteiger partial charge in [0.2, 0.25) is 5.89 Å². The molecular formula is C11H18ClN3O. The normalized spacial score (nSPS) is 19.8. The molecule has 1 N–H and O–H groups in total. The molecule has 1 aliphatic rings. The van der Waals surface area contributed by atoms with Gasteiger partial charge in [0.05, 0.1) is 0 Å². The topological polar surface area (TPSA) is 51.0 Å². The van der Waals surface area contributed by atoms with Crippen molar-refractivity contribution >= 4 is 17.6 Å². The first-order valence-electron chi connectivity index (χ1n) is 5.75. The highest BCUT2D eigenvalue weighted by Gasteiger charge is 2.45. The van der Waals surface area contributed by atoms with Gasteiger partial charge in [0.1, 0.15) is 5.38 Å². The zero-order chi connectivity index (χ0) is 11.8. The predicted octanol–water partition coefficient (Wildman–Crippen LogP) is 3.22. The molecule has 0 bridgehead atoms. The maximum absolute atomic E-state index is 5.85. The van der Waals surface area contributed by atoms with Crippen LogP contribution in [0.4, 0.5) is 6.01 Å². The van der Waals surface area contributed by atoms with Crippen LogP contribution in [0.15, 0.2) is 4.42 Å². The van der Waals surface area contributed by atoms with Crippen LogP contribution in [-0.2, 0) is 0 Å². The van der Waals surface area contributed by atoms with Crippen LogP contribution in [0.3, 0.4) is 0 Å². The molecule has 1 aromatic rings. The molecule has 0 aromatic carbocycles. The van der Waals surface area contributed by atoms with Gasteiger partial charge in [-0.25, -0.2) is 0 Å². The highest BCUT2D eigenvalue weighted by molar-refractivity contribution is 6.20. The Labute approximate surface area is 101 Å². The first-order chi connectivity index (χ1) is 7.53. The highest BCUT2D eigenvalue weighted by atomic mass is 35.5. The number of anilines is 1. The second kappa shape index (κ2) is 4.24. The standard InChI is InChI=1S/C11H18ClN3O/c1-7(2)11(4-5-11)6-13-10-15-14-9(16-10)8(3)12/h7-8H,4-6H2,1-3H3,(H,13,15). The van der Waals surface area contributed by atoms with Crippen LogP contribution in [0.25, 0.3) is 0 Å². The average Bonchev–Trinajstić information content (AvgIpc) is 2.87. The number of halogens is 1. The van der Waals surface area contributed by atoms with Crippen LogP contribution in [-0.4, -0.2) is 16.7 Å². The maximum atomic E-state index is 5.85. The third-order valence-electron chi connectivity index (χ3n) is 3.49. The summed E-state index contributed by atoms with van der Waals surface area (Å²) >= 11 is 5.85. The molecule has 5 heteroatoms. The summed E-state index contributed by atoms with van der Waals surface area (Å²) in [6.07, 6.45) is 2.56. The van der Waals surface area contributed by atoms with E-state index in [0.29, 0.717) is 23.2 Å². The van der Waals surface area contributed by atoms with Crippen molar-refractivity contribution in [2.45, 2.75) is 39.0 Å². The van der Waals surface area contributed by atoms with Gasteiger partial charge in [-0.2, -0.15) is 0 Å². The van der Waals surface area contributed by atoms with Gasteiger partial charge in [0.25, 0.3) is 0 Å². The number of hydrogen-bond acceptors (Lipinski definition) is 4. The fourth-order valence-corrected chi connectivity index (χ4v) is 1.93. The minimum absolute atomic E-state index is 0.233. The van der Waals surface area contributed by atoms with Crippen LogP contribution in [0.1, 0.15) is 44.9 Å². The lowest BCUT2D eigenvalue weighted by Gasteiger charge is -2.18. The molecule has 1 fully saturated rings. The molecule has 0 spiro atoms. The van der Waals surface area contributed by atoms with Crippen LogP contribution >= 0.6 is 11.6 Å². The van der Waals surface area contributed by atoms with Crippen molar-refractivity contribution in [3.63, 3.8) is 0 Å². The van der Waals surface area contributed by atoms with Crippen molar-refractivity contribution in [2.24, 2.45) is 11.3 Å². The van der Waals surface area contributed by atoms with Crippen molar-refractivity contribution < 1.29 is 4.42 Å². The summed E-state index contributed by atoms with van der Waals surface area (Å²) in [5, 5.41) is 10.8. The Balaban J connectivity index is 1.90. The van der Waals surface area contributed by atoms with E-state index in [-0.39, 0.29) is 5.38 Å². The van der Waals surface area contributed by atoms with Crippen molar-refractivity contribution in [1.82, 2.24) is 10.2 Å². The Bertz CT molecular complexity index is 358. The van der Waals surface area contributed by atoms with Gasteiger partial charge in [-0.3, -0.25) is 0 Å². The molecule has 1 aromatic heterocycles. The molecule has 2 rings (SSSR count). The smallest absolute Gasteiger partial charge is 0.315 e. The van der Waals surface area contributed by atoms with E-state index < -0.39 is 0 Å². The lowest BCUT2D eigenvalue weighted by molar-refractivity contribution is 0.375. The molecule has 0 amide bonds. The number of hydrogen-bond donors (Lipinski definition) is 1. The number of alkyl halides is 1. The van der Waals surface area contributed by atoms with E-state index in [1.165, 1.54) is 12.8 Å². The first kappa shape index (κ1) is 11.7. The number of aromatic nitrogens is 2. The number of nitrogens with one attached hydrogen (secondary N) is 1. The minimum Gasteiger partial charge on any atom is -0.407 e. The van der Waals surface area contributed by atoms with E-state index in [9.17, 15) is 0 Å². The summed E-state index contributed by atoms with van der Waals surface area (Å²) < 4.78 is 5.38. The first-order valence-corrected chi connectivity index (χ1v) is 6.18. The van der Waals surface area contributed by atoms with Crippen molar-refractivity contribution in [3.05, 3.63) is 5.89 Å². The fraction of sp³-hybridized carbons (Fsp3) is 0.818. The summed E-state index contributed by atoms with van der Waals surface area (Å²) in [6, 6.07) is 0.481. The fourth-order valence-electron chi connectivity index (χ4n) is 1.84. The van der Waals surface area contributed by atoms with Crippen LogP contribution in [0, 0.1) is 11.3 Å². The lowest BCUT2D eigenvalue weighted by Crippen LogP contribution is -2.20. The summed E-state index contributed by atoms with van der Waals surface area (Å²) in [6.45, 7) is 7.24. The van der Waals surface area contributed by atoms with Gasteiger partial charge < -0.3 is 9.73 Å². The highest BCUT2D eigenvalue weighted by Crippen LogP contribution is 2.51. The number of nitrogens with zero attached hydrogens (tertiary/aromatic N) is 2. The van der Waals surface area contributed by atoms with Crippen LogP contribution in [0.2, 0.25) is 0 Å². The molecule has 1 unspecified atom stereocenters. The maximum Gasteiger partial charge on any atom is 0.315 e. The summed E-state index contributed by atoms with van der Waals surface area (Å²) in [5.41, 5.74) is 0.432. The van der Waals surface area contributed by atoms with E-state index >= 15 is 0 Å². The minimum atomic E-state index is -0.233. The average molecular weight is 244 g/mol. The van der Waals surface area contributed by atoms with E-state index in [2.05, 4.69) is 29.4 Å². The van der Waals surface area contributed by atoms with Crippen molar-refractivity contribution in [2.75, 3.05) is 11.9 Å². The quantitative estimate of drug-likeness (QED) is 0.807. The molecule has 1 aliphatic carbocycles. The van der Waals surface area contributed by atoms with Gasteiger partial charge in [-0.1, -0.05) is 18.9 Å². The molecule has 1 heterocycles. The van der Waals surface area contributed by atoms with E-state index in [0.717, 1.165) is 6.54 Å². The van der Waals surface area contributed by atoms with Crippen molar-refractivity contribution in [3.8, 4) is 0 Å². The zero-order valence-electron chi connectivity index (χ0n) is 9.96. The molecular weight excluding hydrogens is 226 g/mol. The van der Waals surface area contributed by atoms with Crippen LogP contribution < -0.4 is 5.32 Å². The number of rotatable bonds is 5. The second-order valence-electron chi connectivity index (χ2n) is 4.93. The summed E-state index contributed by atoms with van der Waals surface area (Å²) in [7, 11) is 0. The van der Waals surface area contributed by atoms with Gasteiger partial charge in [-0.05, 0) is 31.1 Å². The van der Waals surface area contributed by atoms with E-state index in [4.69, 9.17) is 16.0 Å². The van der Waals surface area contributed by atoms with Gasteiger partial charge in [0.15, 0.2) is 0 Å². The lowest BCUT2D eigenvalue weighted by atomic mass is 9.92. The monoisotopic (exact) mass is 243 g/mol. The summed E-state index contributed by atoms with van der Waals surface area (Å²) in [5.74, 6) is 1.16. The SMILES string of the molecule is CC(Cl)c1nnc(NCC2(C(C)C)CC2)o1. The van der Waals surface area contributed by atoms with Gasteiger partial charge in [0, 0.05) is 6.54 Å². The Kier molecular flexibility index (Phi) is 3.10. The second-order valence-corrected chi connectivity index (χ2v) is 5.59. The zero-order valence-corrected chi connectivity index (χ0v) is 10.7. The molecule has 1 saturated carbocycles. The van der Waals surface area contributed by atoms with Gasteiger partial charge in [-0.15, -0.1) is 16.7 Å². The van der Waals surface area contributed by atoms with Crippen LogP contribution in [0.5, 0.6) is 0 Å². The van der Waals surface area contributed by atoms with E-state index in [1.807, 2.05) is 6.92 Å². The molecule has 4 nitrogen and oxygen atoms in total. The third kappa shape index (κ3) is 2.32.